The molecule has 106 valence electrons. The molecular formula is C17H28N2. The first-order valence-corrected chi connectivity index (χ1v) is 7.70. The van der Waals surface area contributed by atoms with Crippen molar-refractivity contribution < 1.29 is 0 Å². The maximum Gasteiger partial charge on any atom is 0.0180 e. The molecule has 1 aliphatic rings. The lowest BCUT2D eigenvalue weighted by Crippen LogP contribution is -2.36. The summed E-state index contributed by atoms with van der Waals surface area (Å²) in [4.78, 5) is 2.62. The number of piperidine rings is 1. The van der Waals surface area contributed by atoms with Gasteiger partial charge in [0.15, 0.2) is 0 Å². The summed E-state index contributed by atoms with van der Waals surface area (Å²) in [6, 6.07) is 8.59. The number of rotatable bonds is 5. The molecule has 2 N–H and O–H groups in total. The summed E-state index contributed by atoms with van der Waals surface area (Å²) in [5.41, 5.74) is 8.53. The van der Waals surface area contributed by atoms with Gasteiger partial charge in [-0.2, -0.15) is 0 Å². The Kier molecular flexibility index (Phi) is 5.41. The number of likely N-dealkylation sites (tertiary alicyclic amines) is 1. The maximum absolute atomic E-state index is 5.80. The van der Waals surface area contributed by atoms with Gasteiger partial charge in [-0.15, -0.1) is 0 Å². The van der Waals surface area contributed by atoms with Crippen LogP contribution < -0.4 is 5.73 Å². The zero-order valence-corrected chi connectivity index (χ0v) is 12.4. The number of nitrogens with zero attached hydrogens (tertiary/aromatic N) is 1. The standard InChI is InChI=1S/C17H28N2/c1-14(2)15-7-10-19(11-8-15)12-9-16-5-3-4-6-17(16)13-18/h3-6,14-15H,7-13,18H2,1-2H3. The normalized spacial score (nSPS) is 18.1. The first-order valence-electron chi connectivity index (χ1n) is 7.70. The Morgan fingerprint density at radius 1 is 1.16 bits per heavy atom. The van der Waals surface area contributed by atoms with Gasteiger partial charge in [0, 0.05) is 13.1 Å². The van der Waals surface area contributed by atoms with E-state index in [-0.39, 0.29) is 0 Å². The van der Waals surface area contributed by atoms with Crippen LogP contribution in [0.2, 0.25) is 0 Å². The predicted octanol–water partition coefficient (Wildman–Crippen LogP) is 3.06. The molecule has 2 rings (SSSR count). The molecule has 0 saturated carbocycles. The van der Waals surface area contributed by atoms with Gasteiger partial charge in [-0.1, -0.05) is 38.1 Å². The highest BCUT2D eigenvalue weighted by Gasteiger charge is 2.21. The van der Waals surface area contributed by atoms with Crippen LogP contribution in [0.25, 0.3) is 0 Å². The largest absolute Gasteiger partial charge is 0.326 e. The lowest BCUT2D eigenvalue weighted by molar-refractivity contribution is 0.159. The van der Waals surface area contributed by atoms with Gasteiger partial charge in [-0.25, -0.2) is 0 Å². The first kappa shape index (κ1) is 14.5. The van der Waals surface area contributed by atoms with Crippen molar-refractivity contribution >= 4 is 0 Å². The average Bonchev–Trinajstić information content (AvgIpc) is 2.45. The fourth-order valence-electron chi connectivity index (χ4n) is 3.12. The molecular weight excluding hydrogens is 232 g/mol. The van der Waals surface area contributed by atoms with Gasteiger partial charge in [0.1, 0.15) is 0 Å². The predicted molar refractivity (Wildman–Crippen MR) is 82.0 cm³/mol. The minimum atomic E-state index is 0.658. The lowest BCUT2D eigenvalue weighted by Gasteiger charge is -2.34. The third-order valence-corrected chi connectivity index (χ3v) is 4.61. The van der Waals surface area contributed by atoms with Crippen LogP contribution in [0.15, 0.2) is 24.3 Å². The summed E-state index contributed by atoms with van der Waals surface area (Å²) in [6.45, 7) is 9.10. The minimum absolute atomic E-state index is 0.658. The van der Waals surface area contributed by atoms with E-state index in [0.29, 0.717) is 6.54 Å². The van der Waals surface area contributed by atoms with E-state index in [1.165, 1.54) is 43.6 Å². The van der Waals surface area contributed by atoms with Gasteiger partial charge in [0.05, 0.1) is 0 Å². The molecule has 1 aliphatic heterocycles. The highest BCUT2D eigenvalue weighted by Crippen LogP contribution is 2.24. The van der Waals surface area contributed by atoms with E-state index in [2.05, 4.69) is 43.0 Å². The molecule has 0 unspecified atom stereocenters. The third kappa shape index (κ3) is 4.05. The van der Waals surface area contributed by atoms with Gasteiger partial charge in [0.25, 0.3) is 0 Å². The fraction of sp³-hybridized carbons (Fsp3) is 0.647. The molecule has 2 heteroatoms. The third-order valence-electron chi connectivity index (χ3n) is 4.61. The molecule has 0 radical (unpaired) electrons. The van der Waals surface area contributed by atoms with Crippen molar-refractivity contribution in [3.63, 3.8) is 0 Å². The van der Waals surface area contributed by atoms with E-state index in [1.807, 2.05) is 0 Å². The van der Waals surface area contributed by atoms with Gasteiger partial charge in [-0.3, -0.25) is 0 Å². The summed E-state index contributed by atoms with van der Waals surface area (Å²) >= 11 is 0. The van der Waals surface area contributed by atoms with Crippen LogP contribution >= 0.6 is 0 Å². The van der Waals surface area contributed by atoms with Crippen molar-refractivity contribution in [2.24, 2.45) is 17.6 Å². The number of hydrogen-bond donors (Lipinski definition) is 1. The second kappa shape index (κ2) is 7.06. The molecule has 1 aromatic rings. The van der Waals surface area contributed by atoms with Crippen molar-refractivity contribution in [3.8, 4) is 0 Å². The molecule has 2 nitrogen and oxygen atoms in total. The topological polar surface area (TPSA) is 29.3 Å². The zero-order chi connectivity index (χ0) is 13.7. The van der Waals surface area contributed by atoms with E-state index in [1.54, 1.807) is 0 Å². The summed E-state index contributed by atoms with van der Waals surface area (Å²) in [5.74, 6) is 1.78. The first-order chi connectivity index (χ1) is 9.20. The molecule has 19 heavy (non-hydrogen) atoms. The molecule has 0 atom stereocenters. The lowest BCUT2D eigenvalue weighted by atomic mass is 9.86. The van der Waals surface area contributed by atoms with Crippen LogP contribution in [0.5, 0.6) is 0 Å². The van der Waals surface area contributed by atoms with Crippen molar-refractivity contribution in [1.29, 1.82) is 0 Å². The SMILES string of the molecule is CC(C)C1CCN(CCc2ccccc2CN)CC1. The van der Waals surface area contributed by atoms with Gasteiger partial charge in [-0.05, 0) is 55.3 Å². The van der Waals surface area contributed by atoms with Gasteiger partial charge >= 0.3 is 0 Å². The molecule has 0 bridgehead atoms. The van der Waals surface area contributed by atoms with E-state index < -0.39 is 0 Å². The Morgan fingerprint density at radius 2 is 1.79 bits per heavy atom. The molecule has 1 saturated heterocycles. The number of nitrogens with two attached hydrogens (primary N) is 1. The second-order valence-corrected chi connectivity index (χ2v) is 6.15. The highest BCUT2D eigenvalue weighted by atomic mass is 15.1. The van der Waals surface area contributed by atoms with E-state index in [4.69, 9.17) is 5.73 Å². The van der Waals surface area contributed by atoms with Crippen LogP contribution in [-0.2, 0) is 13.0 Å². The summed E-state index contributed by atoms with van der Waals surface area (Å²) in [5, 5.41) is 0. The Balaban J connectivity index is 1.80. The Hall–Kier alpha value is -0.860. The highest BCUT2D eigenvalue weighted by molar-refractivity contribution is 5.27. The molecule has 1 fully saturated rings. The number of hydrogen-bond acceptors (Lipinski definition) is 2. The molecule has 0 spiro atoms. The quantitative estimate of drug-likeness (QED) is 0.881. The minimum Gasteiger partial charge on any atom is -0.326 e. The van der Waals surface area contributed by atoms with Crippen LogP contribution in [-0.4, -0.2) is 24.5 Å². The zero-order valence-electron chi connectivity index (χ0n) is 12.4. The van der Waals surface area contributed by atoms with Crippen LogP contribution in [0, 0.1) is 11.8 Å². The maximum atomic E-state index is 5.80. The van der Waals surface area contributed by atoms with Crippen molar-refractivity contribution in [2.75, 3.05) is 19.6 Å². The van der Waals surface area contributed by atoms with Crippen LogP contribution in [0.1, 0.15) is 37.8 Å². The van der Waals surface area contributed by atoms with Crippen LogP contribution in [0.4, 0.5) is 0 Å². The van der Waals surface area contributed by atoms with Crippen molar-refractivity contribution in [1.82, 2.24) is 4.90 Å². The summed E-state index contributed by atoms with van der Waals surface area (Å²) in [7, 11) is 0. The van der Waals surface area contributed by atoms with E-state index >= 15 is 0 Å². The average molecular weight is 260 g/mol. The second-order valence-electron chi connectivity index (χ2n) is 6.15. The summed E-state index contributed by atoms with van der Waals surface area (Å²) in [6.07, 6.45) is 3.88. The Labute approximate surface area is 118 Å². The molecule has 0 aliphatic carbocycles. The van der Waals surface area contributed by atoms with E-state index in [9.17, 15) is 0 Å². The smallest absolute Gasteiger partial charge is 0.0180 e. The molecule has 1 aromatic carbocycles. The van der Waals surface area contributed by atoms with Gasteiger partial charge < -0.3 is 10.6 Å². The van der Waals surface area contributed by atoms with Crippen LogP contribution in [0.3, 0.4) is 0 Å². The monoisotopic (exact) mass is 260 g/mol. The van der Waals surface area contributed by atoms with Gasteiger partial charge in [0.2, 0.25) is 0 Å². The fourth-order valence-corrected chi connectivity index (χ4v) is 3.12. The van der Waals surface area contributed by atoms with E-state index in [0.717, 1.165) is 18.3 Å². The molecule has 0 amide bonds. The van der Waals surface area contributed by atoms with Crippen molar-refractivity contribution in [2.45, 2.75) is 39.7 Å². The molecule has 0 aromatic heterocycles. The number of benzene rings is 1. The Bertz CT molecular complexity index is 379. The van der Waals surface area contributed by atoms with Crippen molar-refractivity contribution in [3.05, 3.63) is 35.4 Å². The summed E-state index contributed by atoms with van der Waals surface area (Å²) < 4.78 is 0. The Morgan fingerprint density at radius 3 is 2.37 bits per heavy atom. The molecule has 1 heterocycles.